The third-order valence-corrected chi connectivity index (χ3v) is 7.96. The van der Waals surface area contributed by atoms with Crippen LogP contribution in [-0.2, 0) is 16.1 Å². The lowest BCUT2D eigenvalue weighted by molar-refractivity contribution is 0.0688. The maximum Gasteiger partial charge on any atom is 0.410 e. The van der Waals surface area contributed by atoms with E-state index in [1.165, 1.54) is 0 Å². The molecule has 1 aromatic carbocycles. The first kappa shape index (κ1) is 25.2. The van der Waals surface area contributed by atoms with E-state index >= 15 is 0 Å². The summed E-state index contributed by atoms with van der Waals surface area (Å²) in [5, 5.41) is 0.994. The van der Waals surface area contributed by atoms with E-state index in [0.717, 1.165) is 60.2 Å². The van der Waals surface area contributed by atoms with Gasteiger partial charge in [-0.2, -0.15) is 0 Å². The summed E-state index contributed by atoms with van der Waals surface area (Å²) in [6, 6.07) is 15.6. The Morgan fingerprint density at radius 1 is 1.00 bits per heavy atom. The van der Waals surface area contributed by atoms with Gasteiger partial charge in [-0.15, -0.1) is 0 Å². The van der Waals surface area contributed by atoms with Gasteiger partial charge in [-0.25, -0.2) is 14.8 Å². The number of ether oxygens (including phenoxy) is 2. The number of likely N-dealkylation sites (tertiary alicyclic amines) is 1. The molecular weight excluding hydrogens is 492 g/mol. The lowest BCUT2D eigenvalue weighted by Crippen LogP contribution is -2.43. The van der Waals surface area contributed by atoms with Crippen LogP contribution in [0.15, 0.2) is 73.3 Å². The van der Waals surface area contributed by atoms with Crippen molar-refractivity contribution in [3.05, 3.63) is 78.9 Å². The van der Waals surface area contributed by atoms with Crippen LogP contribution in [-0.4, -0.2) is 70.3 Å². The van der Waals surface area contributed by atoms with Gasteiger partial charge in [-0.1, -0.05) is 30.3 Å². The third-order valence-electron chi connectivity index (χ3n) is 7.96. The van der Waals surface area contributed by atoms with Crippen molar-refractivity contribution in [1.82, 2.24) is 24.8 Å². The number of amides is 1. The van der Waals surface area contributed by atoms with Crippen LogP contribution in [0.3, 0.4) is 0 Å². The summed E-state index contributed by atoms with van der Waals surface area (Å²) in [6.45, 7) is 3.14. The van der Waals surface area contributed by atoms with Gasteiger partial charge in [0.25, 0.3) is 0 Å². The molecule has 2 saturated heterocycles. The highest BCUT2D eigenvalue weighted by molar-refractivity contribution is 5.90. The van der Waals surface area contributed by atoms with Crippen molar-refractivity contribution in [2.45, 2.75) is 31.9 Å². The predicted molar refractivity (Wildman–Crippen MR) is 148 cm³/mol. The first-order valence-corrected chi connectivity index (χ1v) is 13.4. The minimum absolute atomic E-state index is 0.00840. The van der Waals surface area contributed by atoms with Gasteiger partial charge in [0.15, 0.2) is 5.82 Å². The zero-order valence-corrected chi connectivity index (χ0v) is 22.1. The first-order chi connectivity index (χ1) is 19.1. The highest BCUT2D eigenvalue weighted by atomic mass is 16.6. The lowest BCUT2D eigenvalue weighted by Gasteiger charge is -2.40. The molecule has 3 aromatic heterocycles. The van der Waals surface area contributed by atoms with Gasteiger partial charge in [0.05, 0.1) is 24.4 Å². The quantitative estimate of drug-likeness (QED) is 0.357. The molecule has 2 aliphatic rings. The average Bonchev–Trinajstić information content (AvgIpc) is 3.34. The standard InChI is InChI=1S/C30H32N6O3/c1-38-20-24-17-30(21-36(24)29(37)39-19-22-5-3-2-4-6-22)10-15-35(16-11-30)28-25-9-14-32-18-26(25)33-27(34-28)23-7-12-31-13-8-23/h2-9,12-14,18,24H,10-11,15-17,19-21H2,1H3. The number of pyridine rings is 2. The predicted octanol–water partition coefficient (Wildman–Crippen LogP) is 4.73. The number of hydrogen-bond acceptors (Lipinski definition) is 8. The Kier molecular flexibility index (Phi) is 7.06. The maximum absolute atomic E-state index is 13.1. The molecular formula is C30H32N6O3. The van der Waals surface area contributed by atoms with Crippen LogP contribution >= 0.6 is 0 Å². The van der Waals surface area contributed by atoms with E-state index in [1.807, 2.05) is 53.4 Å². The second-order valence-electron chi connectivity index (χ2n) is 10.5. The summed E-state index contributed by atoms with van der Waals surface area (Å²) < 4.78 is 11.2. The molecule has 9 nitrogen and oxygen atoms in total. The van der Waals surface area contributed by atoms with Gasteiger partial charge in [0.1, 0.15) is 12.4 Å². The smallest absolute Gasteiger partial charge is 0.410 e. The minimum atomic E-state index is -0.267. The van der Waals surface area contributed by atoms with Gasteiger partial charge in [0.2, 0.25) is 0 Å². The van der Waals surface area contributed by atoms with Crippen molar-refractivity contribution in [2.24, 2.45) is 5.41 Å². The number of hydrogen-bond donors (Lipinski definition) is 0. The number of fused-ring (bicyclic) bond motifs is 1. The van der Waals surface area contributed by atoms with Crippen LogP contribution in [0.5, 0.6) is 0 Å². The van der Waals surface area contributed by atoms with Gasteiger partial charge < -0.3 is 19.3 Å². The Balaban J connectivity index is 1.19. The van der Waals surface area contributed by atoms with E-state index in [1.54, 1.807) is 31.9 Å². The normalized spacial score (nSPS) is 18.5. The number of methoxy groups -OCH3 is 1. The van der Waals surface area contributed by atoms with Crippen LogP contribution in [0.2, 0.25) is 0 Å². The van der Waals surface area contributed by atoms with Crippen molar-refractivity contribution in [3.63, 3.8) is 0 Å². The molecule has 39 heavy (non-hydrogen) atoms. The monoisotopic (exact) mass is 524 g/mol. The molecule has 5 heterocycles. The molecule has 9 heteroatoms. The summed E-state index contributed by atoms with van der Waals surface area (Å²) in [5.74, 6) is 1.59. The van der Waals surface area contributed by atoms with Crippen LogP contribution in [0.4, 0.5) is 10.6 Å². The SMILES string of the molecule is COCC1CC2(CCN(c3nc(-c4ccncc4)nc4cnccc34)CC2)CN1C(=O)OCc1ccccc1. The number of benzene rings is 1. The van der Waals surface area contributed by atoms with Gasteiger partial charge in [-0.3, -0.25) is 9.97 Å². The summed E-state index contributed by atoms with van der Waals surface area (Å²) >= 11 is 0. The molecule has 6 rings (SSSR count). The van der Waals surface area contributed by atoms with E-state index < -0.39 is 0 Å². The number of anilines is 1. The minimum Gasteiger partial charge on any atom is -0.445 e. The Hall–Kier alpha value is -4.11. The van der Waals surface area contributed by atoms with Crippen molar-refractivity contribution in [1.29, 1.82) is 0 Å². The number of aromatic nitrogens is 4. The maximum atomic E-state index is 13.1. The molecule has 200 valence electrons. The zero-order chi connectivity index (χ0) is 26.7. The van der Waals surface area contributed by atoms with Crippen LogP contribution in [0.1, 0.15) is 24.8 Å². The summed E-state index contributed by atoms with van der Waals surface area (Å²) in [7, 11) is 1.69. The second-order valence-corrected chi connectivity index (χ2v) is 10.5. The van der Waals surface area contributed by atoms with Crippen molar-refractivity contribution < 1.29 is 14.3 Å². The molecule has 4 aromatic rings. The number of carbonyl (C=O) groups excluding carboxylic acids is 1. The van der Waals surface area contributed by atoms with Gasteiger partial charge >= 0.3 is 6.09 Å². The Labute approximate surface area is 227 Å². The van der Waals surface area contributed by atoms with Crippen molar-refractivity contribution >= 4 is 22.8 Å². The first-order valence-electron chi connectivity index (χ1n) is 13.4. The van der Waals surface area contributed by atoms with Gasteiger partial charge in [0, 0.05) is 56.3 Å². The van der Waals surface area contributed by atoms with Crippen molar-refractivity contribution in [2.75, 3.05) is 38.3 Å². The lowest BCUT2D eigenvalue weighted by atomic mass is 9.76. The topological polar surface area (TPSA) is 93.6 Å². The second kappa shape index (κ2) is 10.9. The zero-order valence-electron chi connectivity index (χ0n) is 22.1. The molecule has 0 N–H and O–H groups in total. The summed E-state index contributed by atoms with van der Waals surface area (Å²) in [4.78, 5) is 35.6. The van der Waals surface area contributed by atoms with Gasteiger partial charge in [-0.05, 0) is 48.4 Å². The highest BCUT2D eigenvalue weighted by Crippen LogP contribution is 2.45. The van der Waals surface area contributed by atoms with Crippen LogP contribution in [0.25, 0.3) is 22.3 Å². The Bertz CT molecular complexity index is 1430. The van der Waals surface area contributed by atoms with E-state index in [0.29, 0.717) is 19.0 Å². The molecule has 2 fully saturated rings. The number of carbonyl (C=O) groups is 1. The Morgan fingerprint density at radius 2 is 1.77 bits per heavy atom. The molecule has 1 spiro atoms. The molecule has 0 bridgehead atoms. The average molecular weight is 525 g/mol. The molecule has 0 aliphatic carbocycles. The van der Waals surface area contributed by atoms with Crippen LogP contribution < -0.4 is 4.90 Å². The molecule has 2 aliphatic heterocycles. The fourth-order valence-electron chi connectivity index (χ4n) is 5.91. The largest absolute Gasteiger partial charge is 0.445 e. The van der Waals surface area contributed by atoms with E-state index in [9.17, 15) is 4.79 Å². The summed E-state index contributed by atoms with van der Waals surface area (Å²) in [5.41, 5.74) is 2.76. The number of nitrogens with zero attached hydrogens (tertiary/aromatic N) is 6. The fourth-order valence-corrected chi connectivity index (χ4v) is 5.91. The molecule has 1 amide bonds. The van der Waals surface area contributed by atoms with E-state index in [4.69, 9.17) is 19.4 Å². The number of piperidine rings is 1. The molecule has 0 radical (unpaired) electrons. The van der Waals surface area contributed by atoms with Crippen LogP contribution in [0, 0.1) is 5.41 Å². The van der Waals surface area contributed by atoms with E-state index in [2.05, 4.69) is 14.9 Å². The summed E-state index contributed by atoms with van der Waals surface area (Å²) in [6.07, 6.45) is 9.64. The molecule has 1 unspecified atom stereocenters. The third kappa shape index (κ3) is 5.27. The Morgan fingerprint density at radius 3 is 2.54 bits per heavy atom. The highest BCUT2D eigenvalue weighted by Gasteiger charge is 2.48. The van der Waals surface area contributed by atoms with Crippen molar-refractivity contribution in [3.8, 4) is 11.4 Å². The fraction of sp³-hybridized carbons (Fsp3) is 0.367. The van der Waals surface area contributed by atoms with E-state index in [-0.39, 0.29) is 24.2 Å². The molecule has 0 saturated carbocycles. The number of rotatable bonds is 6. The molecule has 1 atom stereocenters.